The van der Waals surface area contributed by atoms with Crippen LogP contribution in [0, 0.1) is 5.41 Å². The van der Waals surface area contributed by atoms with E-state index in [2.05, 4.69) is 12.0 Å². The molecule has 0 saturated heterocycles. The molecule has 9 heteroatoms. The summed E-state index contributed by atoms with van der Waals surface area (Å²) in [6.07, 6.45) is 2.21. The highest BCUT2D eigenvalue weighted by Gasteiger charge is 2.28. The zero-order valence-corrected chi connectivity index (χ0v) is 15.1. The van der Waals surface area contributed by atoms with Gasteiger partial charge in [-0.05, 0) is 23.6 Å². The van der Waals surface area contributed by atoms with E-state index in [1.807, 2.05) is 24.3 Å². The van der Waals surface area contributed by atoms with Crippen LogP contribution in [0.4, 0.5) is 0 Å². The first-order valence-electron chi connectivity index (χ1n) is 7.24. The van der Waals surface area contributed by atoms with Crippen molar-refractivity contribution in [3.05, 3.63) is 41.0 Å². The monoisotopic (exact) mass is 368 g/mol. The van der Waals surface area contributed by atoms with Gasteiger partial charge < -0.3 is 10.8 Å². The third-order valence-corrected chi connectivity index (χ3v) is 6.07. The number of aliphatic hydroxyl groups excluding tert-OH is 1. The molecule has 1 heterocycles. The number of amidine groups is 1. The zero-order valence-electron chi connectivity index (χ0n) is 13.4. The van der Waals surface area contributed by atoms with Crippen LogP contribution in [-0.4, -0.2) is 47.1 Å². The van der Waals surface area contributed by atoms with E-state index in [9.17, 15) is 13.5 Å². The van der Waals surface area contributed by atoms with E-state index < -0.39 is 16.1 Å². The van der Waals surface area contributed by atoms with Gasteiger partial charge in [0, 0.05) is 11.8 Å². The van der Waals surface area contributed by atoms with Crippen molar-refractivity contribution >= 4 is 37.9 Å². The maximum atomic E-state index is 11.5. The summed E-state index contributed by atoms with van der Waals surface area (Å²) < 4.78 is 23.0. The van der Waals surface area contributed by atoms with E-state index in [1.54, 1.807) is 6.08 Å². The van der Waals surface area contributed by atoms with Gasteiger partial charge in [-0.25, -0.2) is 13.4 Å². The highest BCUT2D eigenvalue weighted by atomic mass is 32.3. The maximum Gasteiger partial charge on any atom is 0.210 e. The lowest BCUT2D eigenvalue weighted by Gasteiger charge is -2.18. The molecule has 0 bridgehead atoms. The van der Waals surface area contributed by atoms with Crippen molar-refractivity contribution in [1.29, 1.82) is 5.41 Å². The fraction of sp³-hybridized carbons (Fsp3) is 0.333. The lowest BCUT2D eigenvalue weighted by atomic mass is 10.1. The molecule has 7 nitrogen and oxygen atoms in total. The van der Waals surface area contributed by atoms with Crippen molar-refractivity contribution in [2.75, 3.05) is 12.1 Å². The van der Waals surface area contributed by atoms with Crippen molar-refractivity contribution < 1.29 is 13.5 Å². The third kappa shape index (κ3) is 4.44. The minimum atomic E-state index is -3.42. The summed E-state index contributed by atoms with van der Waals surface area (Å²) in [5.41, 5.74) is 7.70. The molecule has 4 N–H and O–H groups in total. The molecule has 130 valence electrons. The van der Waals surface area contributed by atoms with Gasteiger partial charge in [-0.3, -0.25) is 5.41 Å². The number of sulfone groups is 1. The van der Waals surface area contributed by atoms with Crippen LogP contribution < -0.4 is 5.73 Å². The Morgan fingerprint density at radius 3 is 2.58 bits per heavy atom. The van der Waals surface area contributed by atoms with Crippen LogP contribution in [0.15, 0.2) is 34.9 Å². The summed E-state index contributed by atoms with van der Waals surface area (Å²) in [5, 5.41) is 23.1. The van der Waals surface area contributed by atoms with Crippen LogP contribution in [-0.2, 0) is 16.3 Å². The van der Waals surface area contributed by atoms with E-state index in [0.717, 1.165) is 30.0 Å². The number of hydrazone groups is 1. The van der Waals surface area contributed by atoms with E-state index in [1.165, 1.54) is 10.6 Å². The van der Waals surface area contributed by atoms with Crippen LogP contribution >= 0.6 is 11.8 Å². The molecule has 0 fully saturated rings. The van der Waals surface area contributed by atoms with E-state index >= 15 is 0 Å². The third-order valence-electron chi connectivity index (χ3n) is 3.39. The van der Waals surface area contributed by atoms with Crippen LogP contribution in [0.5, 0.6) is 0 Å². The summed E-state index contributed by atoms with van der Waals surface area (Å²) in [4.78, 5) is 0. The normalized spacial score (nSPS) is 16.9. The van der Waals surface area contributed by atoms with Crippen LogP contribution in [0.2, 0.25) is 0 Å². The van der Waals surface area contributed by atoms with Crippen molar-refractivity contribution in [2.45, 2.75) is 19.6 Å². The second-order valence-corrected chi connectivity index (χ2v) is 8.42. The molecular weight excluding hydrogens is 348 g/mol. The SMILES string of the molecule is CCc1ccc(C=C(C(=N)N2CSC(S(C)(=O)=O)=N2)C(N)O)cc1. The molecule has 0 saturated carbocycles. The number of aliphatic hydroxyl groups is 1. The maximum absolute atomic E-state index is 11.5. The van der Waals surface area contributed by atoms with Crippen molar-refractivity contribution in [1.82, 2.24) is 5.01 Å². The Morgan fingerprint density at radius 2 is 2.12 bits per heavy atom. The molecule has 0 amide bonds. The molecule has 0 aromatic heterocycles. The second-order valence-electron chi connectivity index (χ2n) is 5.30. The average molecular weight is 368 g/mol. The van der Waals surface area contributed by atoms with E-state index in [0.29, 0.717) is 0 Å². The lowest BCUT2D eigenvalue weighted by molar-refractivity contribution is 0.224. The van der Waals surface area contributed by atoms with Gasteiger partial charge in [-0.2, -0.15) is 5.10 Å². The van der Waals surface area contributed by atoms with Crippen molar-refractivity contribution in [3.63, 3.8) is 0 Å². The standard InChI is InChI=1S/C15H20N4O3S2/c1-3-10-4-6-11(7-5-10)8-12(14(17)20)13(16)19-9-23-15(18-19)24(2,21)22/h4-8,14,16,20H,3,9,17H2,1-2H3. The van der Waals surface area contributed by atoms with Gasteiger partial charge in [-0.15, -0.1) is 0 Å². The minimum Gasteiger partial charge on any atom is -0.374 e. The van der Waals surface area contributed by atoms with E-state index in [-0.39, 0.29) is 21.7 Å². The fourth-order valence-electron chi connectivity index (χ4n) is 2.04. The first-order valence-corrected chi connectivity index (χ1v) is 10.1. The number of hydrogen-bond acceptors (Lipinski definition) is 7. The molecule has 24 heavy (non-hydrogen) atoms. The molecule has 0 spiro atoms. The van der Waals surface area contributed by atoms with Crippen LogP contribution in [0.3, 0.4) is 0 Å². The smallest absolute Gasteiger partial charge is 0.210 e. The zero-order chi connectivity index (χ0) is 17.9. The summed E-state index contributed by atoms with van der Waals surface area (Å²) in [6, 6.07) is 7.67. The molecule has 1 atom stereocenters. The van der Waals surface area contributed by atoms with Gasteiger partial charge in [-0.1, -0.05) is 43.0 Å². The number of nitrogens with two attached hydrogens (primary N) is 1. The number of rotatable bonds is 4. The molecule has 1 aromatic carbocycles. The van der Waals surface area contributed by atoms with Crippen LogP contribution in [0.1, 0.15) is 18.1 Å². The Morgan fingerprint density at radius 1 is 1.50 bits per heavy atom. The van der Waals surface area contributed by atoms with Gasteiger partial charge in [0.15, 0.2) is 0 Å². The Labute approximate surface area is 145 Å². The average Bonchev–Trinajstić information content (AvgIpc) is 3.02. The highest BCUT2D eigenvalue weighted by Crippen LogP contribution is 2.23. The molecular formula is C15H20N4O3S2. The largest absolute Gasteiger partial charge is 0.374 e. The summed E-state index contributed by atoms with van der Waals surface area (Å²) in [5.74, 6) is 0.0517. The summed E-state index contributed by atoms with van der Waals surface area (Å²) >= 11 is 1.02. The summed E-state index contributed by atoms with van der Waals surface area (Å²) in [6.45, 7) is 2.05. The Kier molecular flexibility index (Phi) is 5.81. The topological polar surface area (TPSA) is 120 Å². The molecule has 0 radical (unpaired) electrons. The number of benzene rings is 1. The minimum absolute atomic E-state index is 0.0505. The molecule has 1 aliphatic heterocycles. The Balaban J connectivity index is 2.29. The quantitative estimate of drug-likeness (QED) is 0.417. The first kappa shape index (κ1) is 18.7. The lowest BCUT2D eigenvalue weighted by Crippen LogP contribution is -2.33. The predicted octanol–water partition coefficient (Wildman–Crippen LogP) is 1.21. The highest BCUT2D eigenvalue weighted by molar-refractivity contribution is 8.35. The van der Waals surface area contributed by atoms with Crippen LogP contribution in [0.25, 0.3) is 6.08 Å². The number of nitrogens with one attached hydrogen (secondary N) is 1. The Bertz CT molecular complexity index is 783. The van der Waals surface area contributed by atoms with E-state index in [4.69, 9.17) is 11.1 Å². The van der Waals surface area contributed by atoms with Gasteiger partial charge in [0.05, 0.1) is 5.88 Å². The number of aryl methyl sites for hydroxylation is 1. The van der Waals surface area contributed by atoms with Crippen molar-refractivity contribution in [2.24, 2.45) is 10.8 Å². The van der Waals surface area contributed by atoms with Crippen molar-refractivity contribution in [3.8, 4) is 0 Å². The van der Waals surface area contributed by atoms with Gasteiger partial charge in [0.25, 0.3) is 0 Å². The first-order chi connectivity index (χ1) is 11.2. The molecule has 1 aromatic rings. The molecule has 2 rings (SSSR count). The van der Waals surface area contributed by atoms with Gasteiger partial charge in [0.1, 0.15) is 12.1 Å². The number of nitrogens with zero attached hydrogens (tertiary/aromatic N) is 2. The summed E-state index contributed by atoms with van der Waals surface area (Å²) in [7, 11) is -3.42. The van der Waals surface area contributed by atoms with Gasteiger partial charge in [0.2, 0.25) is 14.2 Å². The molecule has 1 unspecified atom stereocenters. The molecule has 0 aliphatic carbocycles. The Hall–Kier alpha value is -1.68. The fourth-order valence-corrected chi connectivity index (χ4v) is 3.88. The second kappa shape index (κ2) is 7.47. The number of thioether (sulfide) groups is 1. The number of hydrogen-bond donors (Lipinski definition) is 3. The van der Waals surface area contributed by atoms with Gasteiger partial charge >= 0.3 is 0 Å². The molecule has 1 aliphatic rings. The predicted molar refractivity (Wildman–Crippen MR) is 98.3 cm³/mol.